The van der Waals surface area contributed by atoms with Crippen molar-refractivity contribution in [2.75, 3.05) is 11.4 Å². The van der Waals surface area contributed by atoms with E-state index in [1.807, 2.05) is 12.4 Å². The monoisotopic (exact) mass is 373 g/mol. The van der Waals surface area contributed by atoms with E-state index in [4.69, 9.17) is 4.98 Å². The molecule has 0 spiro atoms. The van der Waals surface area contributed by atoms with Crippen molar-refractivity contribution in [1.29, 1.82) is 0 Å². The van der Waals surface area contributed by atoms with Crippen LogP contribution in [-0.4, -0.2) is 26.1 Å². The van der Waals surface area contributed by atoms with Crippen molar-refractivity contribution in [3.05, 3.63) is 60.4 Å². The van der Waals surface area contributed by atoms with E-state index in [9.17, 15) is 0 Å². The Balaban J connectivity index is 1.38. The lowest BCUT2D eigenvalue weighted by Crippen LogP contribution is -2.32. The number of rotatable bonds is 3. The lowest BCUT2D eigenvalue weighted by Gasteiger charge is -2.28. The van der Waals surface area contributed by atoms with Gasteiger partial charge in [-0.25, -0.2) is 15.0 Å². The summed E-state index contributed by atoms with van der Waals surface area (Å²) in [5.74, 6) is 1.03. The molecule has 4 heterocycles. The molecular weight excluding hydrogens is 354 g/mol. The molecule has 1 aromatic carbocycles. The summed E-state index contributed by atoms with van der Waals surface area (Å²) in [7, 11) is 0. The molecule has 0 amide bonds. The van der Waals surface area contributed by atoms with Crippen LogP contribution in [0.1, 0.15) is 30.3 Å². The van der Waals surface area contributed by atoms with Crippen LogP contribution in [0.2, 0.25) is 0 Å². The zero-order chi connectivity index (χ0) is 17.8. The molecular formula is C21H19N5S. The molecule has 0 radical (unpaired) electrons. The highest BCUT2D eigenvalue weighted by atomic mass is 32.1. The van der Waals surface area contributed by atoms with E-state index >= 15 is 0 Å². The predicted octanol–water partition coefficient (Wildman–Crippen LogP) is 4.45. The molecule has 4 aromatic rings. The molecule has 1 fully saturated rings. The molecule has 0 saturated heterocycles. The van der Waals surface area contributed by atoms with Gasteiger partial charge in [-0.05, 0) is 24.5 Å². The summed E-state index contributed by atoms with van der Waals surface area (Å²) in [5, 5.41) is 1.14. The summed E-state index contributed by atoms with van der Waals surface area (Å²) in [5.41, 5.74) is 3.86. The first-order valence-corrected chi connectivity index (χ1v) is 10.3. The third-order valence-electron chi connectivity index (χ3n) is 5.55. The van der Waals surface area contributed by atoms with E-state index in [1.165, 1.54) is 34.7 Å². The number of aromatic nitrogens is 4. The molecule has 0 bridgehead atoms. The van der Waals surface area contributed by atoms with Crippen molar-refractivity contribution in [2.24, 2.45) is 0 Å². The van der Waals surface area contributed by atoms with Crippen molar-refractivity contribution in [3.8, 4) is 10.4 Å². The van der Waals surface area contributed by atoms with Gasteiger partial charge in [0.05, 0.1) is 24.0 Å². The van der Waals surface area contributed by atoms with Crippen molar-refractivity contribution in [1.82, 2.24) is 19.5 Å². The Morgan fingerprint density at radius 2 is 1.93 bits per heavy atom. The summed E-state index contributed by atoms with van der Waals surface area (Å²) < 4.78 is 2.40. The molecule has 5 nitrogen and oxygen atoms in total. The number of hydrogen-bond acceptors (Lipinski definition) is 5. The maximum Gasteiger partial charge on any atom is 0.141 e. The van der Waals surface area contributed by atoms with Crippen molar-refractivity contribution < 1.29 is 0 Å². The van der Waals surface area contributed by atoms with Gasteiger partial charge < -0.3 is 9.47 Å². The zero-order valence-electron chi connectivity index (χ0n) is 14.9. The minimum atomic E-state index is 0.698. The number of hydrogen-bond donors (Lipinski definition) is 0. The van der Waals surface area contributed by atoms with Gasteiger partial charge in [0.1, 0.15) is 17.0 Å². The minimum absolute atomic E-state index is 0.698. The van der Waals surface area contributed by atoms with Crippen LogP contribution in [0.3, 0.4) is 0 Å². The van der Waals surface area contributed by atoms with Crippen molar-refractivity contribution in [2.45, 2.75) is 31.8 Å². The van der Waals surface area contributed by atoms with E-state index in [0.717, 1.165) is 35.5 Å². The first kappa shape index (κ1) is 15.3. The number of fused-ring (bicyclic) bond motifs is 2. The van der Waals surface area contributed by atoms with E-state index in [-0.39, 0.29) is 0 Å². The van der Waals surface area contributed by atoms with Crippen LogP contribution in [0.25, 0.3) is 20.7 Å². The fourth-order valence-electron chi connectivity index (χ4n) is 4.02. The Morgan fingerprint density at radius 1 is 1.04 bits per heavy atom. The molecule has 2 aliphatic rings. The van der Waals surface area contributed by atoms with Gasteiger partial charge in [0.15, 0.2) is 0 Å². The molecule has 1 aliphatic carbocycles. The van der Waals surface area contributed by atoms with Gasteiger partial charge in [0, 0.05) is 29.6 Å². The third kappa shape index (κ3) is 2.55. The molecule has 1 aliphatic heterocycles. The molecule has 134 valence electrons. The second-order valence-electron chi connectivity index (χ2n) is 7.34. The molecule has 3 aromatic heterocycles. The number of thiophene rings is 1. The van der Waals surface area contributed by atoms with Gasteiger partial charge in [-0.15, -0.1) is 11.3 Å². The predicted molar refractivity (Wildman–Crippen MR) is 108 cm³/mol. The molecule has 27 heavy (non-hydrogen) atoms. The maximum atomic E-state index is 4.71. The van der Waals surface area contributed by atoms with Gasteiger partial charge in [-0.3, -0.25) is 0 Å². The van der Waals surface area contributed by atoms with Crippen LogP contribution < -0.4 is 4.90 Å². The number of imidazole rings is 1. The van der Waals surface area contributed by atoms with Crippen molar-refractivity contribution in [3.63, 3.8) is 0 Å². The molecule has 0 atom stereocenters. The molecule has 1 saturated carbocycles. The summed E-state index contributed by atoms with van der Waals surface area (Å²) in [4.78, 5) is 18.5. The lowest BCUT2D eigenvalue weighted by atomic mass is 10.1. The van der Waals surface area contributed by atoms with Gasteiger partial charge in [0.25, 0.3) is 0 Å². The molecule has 6 heteroatoms. The number of nitrogens with zero attached hydrogens (tertiary/aromatic N) is 5. The van der Waals surface area contributed by atoms with Gasteiger partial charge in [-0.1, -0.05) is 30.3 Å². The summed E-state index contributed by atoms with van der Waals surface area (Å²) >= 11 is 1.73. The Kier molecular flexibility index (Phi) is 3.35. The summed E-state index contributed by atoms with van der Waals surface area (Å²) in [6, 6.07) is 13.4. The normalized spacial score (nSPS) is 16.7. The fourth-order valence-corrected chi connectivity index (χ4v) is 5.02. The van der Waals surface area contributed by atoms with Crippen LogP contribution in [-0.2, 0) is 13.0 Å². The highest BCUT2D eigenvalue weighted by Gasteiger charge is 2.30. The minimum Gasteiger partial charge on any atom is -0.350 e. The first-order valence-electron chi connectivity index (χ1n) is 9.46. The quantitative estimate of drug-likeness (QED) is 0.532. The fraction of sp³-hybridized carbons (Fsp3) is 0.286. The maximum absolute atomic E-state index is 4.71. The third-order valence-corrected chi connectivity index (χ3v) is 6.64. The zero-order valence-corrected chi connectivity index (χ0v) is 15.7. The highest BCUT2D eigenvalue weighted by Crippen LogP contribution is 2.39. The Bertz CT molecular complexity index is 1130. The second-order valence-corrected chi connectivity index (χ2v) is 8.37. The molecule has 0 unspecified atom stereocenters. The largest absolute Gasteiger partial charge is 0.350 e. The highest BCUT2D eigenvalue weighted by molar-refractivity contribution is 7.21. The van der Waals surface area contributed by atoms with Gasteiger partial charge in [-0.2, -0.15) is 0 Å². The van der Waals surface area contributed by atoms with E-state index < -0.39 is 0 Å². The van der Waals surface area contributed by atoms with Crippen LogP contribution >= 0.6 is 11.3 Å². The second kappa shape index (κ2) is 5.89. The smallest absolute Gasteiger partial charge is 0.141 e. The molecule has 6 rings (SSSR count). The van der Waals surface area contributed by atoms with Crippen LogP contribution in [0.5, 0.6) is 0 Å². The van der Waals surface area contributed by atoms with Crippen LogP contribution in [0.4, 0.5) is 5.82 Å². The van der Waals surface area contributed by atoms with E-state index in [2.05, 4.69) is 49.8 Å². The summed E-state index contributed by atoms with van der Waals surface area (Å²) in [6.45, 7) is 1.81. The molecule has 0 N–H and O–H groups in total. The van der Waals surface area contributed by atoms with Gasteiger partial charge >= 0.3 is 0 Å². The SMILES string of the molecule is c1ccc(-c2cc3c(N4CCc5c(ncn5C5CC5)C4)ncnc3s2)cc1. The van der Waals surface area contributed by atoms with Crippen LogP contribution in [0, 0.1) is 0 Å². The van der Waals surface area contributed by atoms with E-state index in [0.29, 0.717) is 6.04 Å². The average Bonchev–Trinajstić information content (AvgIpc) is 3.32. The van der Waals surface area contributed by atoms with Crippen LogP contribution in [0.15, 0.2) is 49.1 Å². The van der Waals surface area contributed by atoms with Crippen molar-refractivity contribution >= 4 is 27.4 Å². The van der Waals surface area contributed by atoms with E-state index in [1.54, 1.807) is 17.7 Å². The summed E-state index contributed by atoms with van der Waals surface area (Å²) in [6.07, 6.45) is 7.38. The van der Waals surface area contributed by atoms with Gasteiger partial charge in [0.2, 0.25) is 0 Å². The standard InChI is InChI=1S/C21H19N5S/c1-2-4-14(5-3-1)19-10-16-20(22-12-23-21(16)27-19)25-9-8-18-17(11-25)24-13-26(18)15-6-7-15/h1-5,10,12-13,15H,6-9,11H2. The Morgan fingerprint density at radius 3 is 2.78 bits per heavy atom. The number of anilines is 1. The first-order chi connectivity index (χ1) is 13.4. The Labute approximate surface area is 161 Å². The number of benzene rings is 1. The average molecular weight is 373 g/mol. The lowest BCUT2D eigenvalue weighted by molar-refractivity contribution is 0.639. The topological polar surface area (TPSA) is 46.8 Å². The Hall–Kier alpha value is -2.73.